The lowest BCUT2D eigenvalue weighted by molar-refractivity contribution is 0.469. The van der Waals surface area contributed by atoms with Gasteiger partial charge in [-0.25, -0.2) is 0 Å². The molecule has 9 heavy (non-hydrogen) atoms. The van der Waals surface area contributed by atoms with E-state index in [-0.39, 0.29) is 0 Å². The Hall–Kier alpha value is -0.0400. The summed E-state index contributed by atoms with van der Waals surface area (Å²) >= 11 is 0. The van der Waals surface area contributed by atoms with Crippen LogP contribution in [0.4, 0.5) is 0 Å². The second-order valence-corrected chi connectivity index (χ2v) is 3.26. The van der Waals surface area contributed by atoms with Gasteiger partial charge in [-0.05, 0) is 25.8 Å². The molecule has 0 saturated heterocycles. The van der Waals surface area contributed by atoms with Gasteiger partial charge in [0.1, 0.15) is 0 Å². The van der Waals surface area contributed by atoms with Gasteiger partial charge >= 0.3 is 0 Å². The van der Waals surface area contributed by atoms with Crippen molar-refractivity contribution in [3.05, 3.63) is 0 Å². The average molecular weight is 127 g/mol. The number of rotatable bonds is 3. The van der Waals surface area contributed by atoms with E-state index in [2.05, 4.69) is 26.2 Å². The van der Waals surface area contributed by atoms with Crippen LogP contribution < -0.4 is 5.32 Å². The van der Waals surface area contributed by atoms with Gasteiger partial charge in [0.15, 0.2) is 0 Å². The zero-order chi connectivity index (χ0) is 6.91. The molecule has 2 atom stereocenters. The molecule has 0 spiro atoms. The molecule has 1 aliphatic rings. The minimum Gasteiger partial charge on any atom is -0.314 e. The summed E-state index contributed by atoms with van der Waals surface area (Å²) in [6.45, 7) is 4.58. The molecule has 0 aromatic heterocycles. The monoisotopic (exact) mass is 127 g/mol. The summed E-state index contributed by atoms with van der Waals surface area (Å²) in [6.07, 6.45) is 4.05. The van der Waals surface area contributed by atoms with E-state index in [1.807, 2.05) is 0 Å². The molecule has 1 rings (SSSR count). The predicted octanol–water partition coefficient (Wildman–Crippen LogP) is 1.78. The van der Waals surface area contributed by atoms with Crippen molar-refractivity contribution in [3.63, 3.8) is 0 Å². The zero-order valence-electron chi connectivity index (χ0n) is 6.70. The van der Waals surface area contributed by atoms with Crippen LogP contribution in [0.2, 0.25) is 0 Å². The molecule has 0 aromatic rings. The largest absolute Gasteiger partial charge is 0.314 e. The highest BCUT2D eigenvalue weighted by Crippen LogP contribution is 2.45. The van der Waals surface area contributed by atoms with E-state index >= 15 is 0 Å². The summed E-state index contributed by atoms with van der Waals surface area (Å²) in [5, 5.41) is 3.40. The highest BCUT2D eigenvalue weighted by molar-refractivity contribution is 5.06. The lowest BCUT2D eigenvalue weighted by Gasteiger charge is -2.13. The number of nitrogens with one attached hydrogen (secondary N) is 1. The first-order valence-corrected chi connectivity index (χ1v) is 3.94. The summed E-state index contributed by atoms with van der Waals surface area (Å²) in [6, 6.07) is 0. The zero-order valence-corrected chi connectivity index (χ0v) is 6.70. The molecule has 54 valence electrons. The first-order chi connectivity index (χ1) is 4.25. The van der Waals surface area contributed by atoms with Gasteiger partial charge in [-0.3, -0.25) is 0 Å². The van der Waals surface area contributed by atoms with Crippen molar-refractivity contribution < 1.29 is 0 Å². The summed E-state index contributed by atoms with van der Waals surface area (Å²) in [5.74, 6) is 0.919. The van der Waals surface area contributed by atoms with Gasteiger partial charge in [0.2, 0.25) is 0 Å². The second kappa shape index (κ2) is 2.30. The van der Waals surface area contributed by atoms with Crippen LogP contribution >= 0.6 is 0 Å². The van der Waals surface area contributed by atoms with Crippen LogP contribution in [0.1, 0.15) is 33.1 Å². The Kier molecular flexibility index (Phi) is 1.80. The SMILES string of the molecule is CCCC1(NC)CC1C. The third kappa shape index (κ3) is 1.11. The second-order valence-electron chi connectivity index (χ2n) is 3.26. The first kappa shape index (κ1) is 7.07. The van der Waals surface area contributed by atoms with E-state index < -0.39 is 0 Å². The van der Waals surface area contributed by atoms with Crippen LogP contribution in [0.3, 0.4) is 0 Å². The maximum Gasteiger partial charge on any atom is 0.0207 e. The van der Waals surface area contributed by atoms with E-state index in [1.165, 1.54) is 19.3 Å². The third-order valence-electron chi connectivity index (χ3n) is 2.65. The number of hydrogen-bond donors (Lipinski definition) is 1. The molecule has 1 N–H and O–H groups in total. The standard InChI is InChI=1S/C8H17N/c1-4-5-8(9-3)6-7(8)2/h7,9H,4-6H2,1-3H3. The molecule has 0 amide bonds. The van der Waals surface area contributed by atoms with E-state index in [9.17, 15) is 0 Å². The molecule has 1 nitrogen and oxygen atoms in total. The highest BCUT2D eigenvalue weighted by Gasteiger charge is 2.48. The van der Waals surface area contributed by atoms with Gasteiger partial charge in [0.05, 0.1) is 0 Å². The Morgan fingerprint density at radius 1 is 1.67 bits per heavy atom. The summed E-state index contributed by atoms with van der Waals surface area (Å²) in [4.78, 5) is 0. The van der Waals surface area contributed by atoms with Crippen molar-refractivity contribution in [2.45, 2.75) is 38.6 Å². The lowest BCUT2D eigenvalue weighted by atomic mass is 10.1. The van der Waals surface area contributed by atoms with E-state index in [0.717, 1.165) is 5.92 Å². The molecule has 1 saturated carbocycles. The molecule has 0 aromatic carbocycles. The molecule has 0 heterocycles. The molecule has 1 heteroatoms. The fourth-order valence-corrected chi connectivity index (χ4v) is 1.76. The Morgan fingerprint density at radius 3 is 2.33 bits per heavy atom. The van der Waals surface area contributed by atoms with Gasteiger partial charge in [-0.15, -0.1) is 0 Å². The Balaban J connectivity index is 2.33. The van der Waals surface area contributed by atoms with Crippen molar-refractivity contribution in [1.82, 2.24) is 5.32 Å². The fourth-order valence-electron chi connectivity index (χ4n) is 1.76. The summed E-state index contributed by atoms with van der Waals surface area (Å²) < 4.78 is 0. The molecule has 1 fully saturated rings. The van der Waals surface area contributed by atoms with Crippen LogP contribution in [0.15, 0.2) is 0 Å². The molecule has 2 unspecified atom stereocenters. The first-order valence-electron chi connectivity index (χ1n) is 3.94. The molecular weight excluding hydrogens is 110 g/mol. The number of hydrogen-bond acceptors (Lipinski definition) is 1. The summed E-state index contributed by atoms with van der Waals surface area (Å²) in [7, 11) is 2.08. The van der Waals surface area contributed by atoms with Crippen molar-refractivity contribution in [3.8, 4) is 0 Å². The Morgan fingerprint density at radius 2 is 2.22 bits per heavy atom. The maximum atomic E-state index is 3.40. The Bertz CT molecular complexity index is 96.7. The van der Waals surface area contributed by atoms with Crippen LogP contribution in [0.25, 0.3) is 0 Å². The third-order valence-corrected chi connectivity index (χ3v) is 2.65. The van der Waals surface area contributed by atoms with E-state index in [1.54, 1.807) is 0 Å². The molecule has 0 bridgehead atoms. The van der Waals surface area contributed by atoms with Crippen LogP contribution in [-0.2, 0) is 0 Å². The summed E-state index contributed by atoms with van der Waals surface area (Å²) in [5.41, 5.74) is 0.550. The molecular formula is C8H17N. The van der Waals surface area contributed by atoms with Crippen molar-refractivity contribution in [2.24, 2.45) is 5.92 Å². The van der Waals surface area contributed by atoms with Gasteiger partial charge in [-0.1, -0.05) is 20.3 Å². The van der Waals surface area contributed by atoms with Crippen molar-refractivity contribution in [1.29, 1.82) is 0 Å². The van der Waals surface area contributed by atoms with Gasteiger partial charge < -0.3 is 5.32 Å². The topological polar surface area (TPSA) is 12.0 Å². The van der Waals surface area contributed by atoms with Crippen LogP contribution in [0, 0.1) is 5.92 Å². The smallest absolute Gasteiger partial charge is 0.0207 e. The van der Waals surface area contributed by atoms with Crippen LogP contribution in [0.5, 0.6) is 0 Å². The highest BCUT2D eigenvalue weighted by atomic mass is 15.0. The van der Waals surface area contributed by atoms with Crippen molar-refractivity contribution in [2.75, 3.05) is 7.05 Å². The van der Waals surface area contributed by atoms with Gasteiger partial charge in [0, 0.05) is 5.54 Å². The van der Waals surface area contributed by atoms with E-state index in [4.69, 9.17) is 0 Å². The van der Waals surface area contributed by atoms with Gasteiger partial charge in [0.25, 0.3) is 0 Å². The average Bonchev–Trinajstić information content (AvgIpc) is 2.45. The minimum atomic E-state index is 0.550. The fraction of sp³-hybridized carbons (Fsp3) is 1.00. The molecule has 1 aliphatic carbocycles. The maximum absolute atomic E-state index is 3.40. The lowest BCUT2D eigenvalue weighted by Crippen LogP contribution is -2.28. The predicted molar refractivity (Wildman–Crippen MR) is 40.5 cm³/mol. The van der Waals surface area contributed by atoms with Crippen molar-refractivity contribution >= 4 is 0 Å². The van der Waals surface area contributed by atoms with Crippen LogP contribution in [-0.4, -0.2) is 12.6 Å². The van der Waals surface area contributed by atoms with Gasteiger partial charge in [-0.2, -0.15) is 0 Å². The molecule has 0 radical (unpaired) electrons. The van der Waals surface area contributed by atoms with E-state index in [0.29, 0.717) is 5.54 Å². The Labute approximate surface area is 57.8 Å². The normalized spacial score (nSPS) is 41.0. The quantitative estimate of drug-likeness (QED) is 0.609. The molecule has 0 aliphatic heterocycles. The minimum absolute atomic E-state index is 0.550.